The van der Waals surface area contributed by atoms with Crippen LogP contribution in [0, 0.1) is 5.41 Å². The van der Waals surface area contributed by atoms with E-state index in [1.54, 1.807) is 12.4 Å². The molecule has 1 unspecified atom stereocenters. The highest BCUT2D eigenvalue weighted by Gasteiger charge is 2.38. The van der Waals surface area contributed by atoms with E-state index in [0.29, 0.717) is 12.2 Å². The van der Waals surface area contributed by atoms with Crippen molar-refractivity contribution >= 4 is 5.78 Å². The number of aromatic nitrogens is 1. The first-order valence-electron chi connectivity index (χ1n) is 5.90. The minimum atomic E-state index is -0.122. The summed E-state index contributed by atoms with van der Waals surface area (Å²) >= 11 is 0. The van der Waals surface area contributed by atoms with Crippen molar-refractivity contribution in [1.82, 2.24) is 10.3 Å². The van der Waals surface area contributed by atoms with Crippen molar-refractivity contribution in [2.24, 2.45) is 5.41 Å². The summed E-state index contributed by atoms with van der Waals surface area (Å²) in [6, 6.07) is 3.84. The van der Waals surface area contributed by atoms with Gasteiger partial charge in [-0.25, -0.2) is 0 Å². The number of ketones is 1. The quantitative estimate of drug-likeness (QED) is 0.834. The van der Waals surface area contributed by atoms with Gasteiger partial charge in [0.1, 0.15) is 5.78 Å². The number of hydrogen-bond donors (Lipinski definition) is 1. The maximum atomic E-state index is 12.3. The molecule has 1 aliphatic heterocycles. The molecule has 1 atom stereocenters. The monoisotopic (exact) mass is 218 g/mol. The van der Waals surface area contributed by atoms with E-state index in [2.05, 4.69) is 17.2 Å². The molecule has 0 spiro atoms. The van der Waals surface area contributed by atoms with Crippen molar-refractivity contribution < 1.29 is 4.79 Å². The second kappa shape index (κ2) is 4.74. The third-order valence-corrected chi connectivity index (χ3v) is 3.63. The average Bonchev–Trinajstić information content (AvgIpc) is 2.80. The minimum Gasteiger partial charge on any atom is -0.316 e. The van der Waals surface area contributed by atoms with E-state index in [1.165, 1.54) is 0 Å². The van der Waals surface area contributed by atoms with Crippen molar-refractivity contribution in [2.45, 2.75) is 26.2 Å². The normalized spacial score (nSPS) is 24.6. The van der Waals surface area contributed by atoms with Crippen molar-refractivity contribution in [3.05, 3.63) is 30.1 Å². The van der Waals surface area contributed by atoms with Gasteiger partial charge in [-0.15, -0.1) is 0 Å². The third kappa shape index (κ3) is 2.14. The zero-order valence-electron chi connectivity index (χ0n) is 9.70. The molecule has 0 aromatic carbocycles. The molecule has 0 radical (unpaired) electrons. The van der Waals surface area contributed by atoms with Crippen molar-refractivity contribution in [1.29, 1.82) is 0 Å². The Hall–Kier alpha value is -1.22. The highest BCUT2D eigenvalue weighted by Crippen LogP contribution is 2.31. The number of carbonyl (C=O) groups excluding carboxylic acids is 1. The van der Waals surface area contributed by atoms with Gasteiger partial charge in [-0.3, -0.25) is 9.78 Å². The lowest BCUT2D eigenvalue weighted by Gasteiger charge is -2.24. The van der Waals surface area contributed by atoms with Crippen LogP contribution in [0.5, 0.6) is 0 Å². The van der Waals surface area contributed by atoms with Gasteiger partial charge in [0.05, 0.1) is 0 Å². The van der Waals surface area contributed by atoms with Crippen LogP contribution >= 0.6 is 0 Å². The molecule has 3 nitrogen and oxygen atoms in total. The van der Waals surface area contributed by atoms with Crippen LogP contribution in [0.1, 0.15) is 25.3 Å². The third-order valence-electron chi connectivity index (χ3n) is 3.63. The summed E-state index contributed by atoms with van der Waals surface area (Å²) in [5.41, 5.74) is 0.947. The van der Waals surface area contributed by atoms with E-state index in [9.17, 15) is 4.79 Å². The van der Waals surface area contributed by atoms with Gasteiger partial charge in [-0.2, -0.15) is 0 Å². The van der Waals surface area contributed by atoms with Gasteiger partial charge in [-0.05, 0) is 37.1 Å². The topological polar surface area (TPSA) is 42.0 Å². The molecular weight excluding hydrogens is 200 g/mol. The number of nitrogens with one attached hydrogen (secondary N) is 1. The average molecular weight is 218 g/mol. The molecule has 0 aliphatic carbocycles. The van der Waals surface area contributed by atoms with Gasteiger partial charge < -0.3 is 5.32 Å². The highest BCUT2D eigenvalue weighted by molar-refractivity contribution is 5.87. The zero-order valence-corrected chi connectivity index (χ0v) is 9.70. The number of nitrogens with zero attached hydrogens (tertiary/aromatic N) is 1. The summed E-state index contributed by atoms with van der Waals surface area (Å²) < 4.78 is 0. The zero-order chi connectivity index (χ0) is 11.4. The van der Waals surface area contributed by atoms with E-state index in [1.807, 2.05) is 12.1 Å². The fourth-order valence-corrected chi connectivity index (χ4v) is 2.35. The Morgan fingerprint density at radius 1 is 1.50 bits per heavy atom. The van der Waals surface area contributed by atoms with E-state index < -0.39 is 0 Å². The van der Waals surface area contributed by atoms with Gasteiger partial charge in [-0.1, -0.05) is 6.92 Å². The Kier molecular flexibility index (Phi) is 3.34. The van der Waals surface area contributed by atoms with Crippen LogP contribution in [0.2, 0.25) is 0 Å². The van der Waals surface area contributed by atoms with E-state index in [4.69, 9.17) is 0 Å². The van der Waals surface area contributed by atoms with Crippen LogP contribution in [0.4, 0.5) is 0 Å². The molecule has 0 amide bonds. The van der Waals surface area contributed by atoms with Gasteiger partial charge in [0.15, 0.2) is 0 Å². The van der Waals surface area contributed by atoms with Crippen LogP contribution in [-0.2, 0) is 11.2 Å². The number of carbonyl (C=O) groups is 1. The largest absolute Gasteiger partial charge is 0.316 e. The first-order valence-corrected chi connectivity index (χ1v) is 5.90. The molecule has 3 heteroatoms. The molecule has 1 saturated heterocycles. The minimum absolute atomic E-state index is 0.122. The standard InChI is InChI=1S/C13H18N2O/c1-2-13(5-8-15-10-13)12(16)9-11-3-6-14-7-4-11/h3-4,6-7,15H,2,5,8-10H2,1H3. The number of Topliss-reactive ketones (excluding diaryl/α,β-unsaturated/α-hetero) is 1. The first kappa shape index (κ1) is 11.3. The summed E-state index contributed by atoms with van der Waals surface area (Å²) in [5, 5.41) is 3.30. The van der Waals surface area contributed by atoms with E-state index >= 15 is 0 Å². The molecule has 2 heterocycles. The van der Waals surface area contributed by atoms with Crippen molar-refractivity contribution in [3.8, 4) is 0 Å². The van der Waals surface area contributed by atoms with Crippen LogP contribution in [0.15, 0.2) is 24.5 Å². The maximum absolute atomic E-state index is 12.3. The summed E-state index contributed by atoms with van der Waals surface area (Å²) in [5.74, 6) is 0.367. The predicted octanol–water partition coefficient (Wildman–Crippen LogP) is 1.58. The molecule has 1 fully saturated rings. The van der Waals surface area contributed by atoms with E-state index in [0.717, 1.165) is 31.5 Å². The molecule has 86 valence electrons. The van der Waals surface area contributed by atoms with Crippen molar-refractivity contribution in [3.63, 3.8) is 0 Å². The summed E-state index contributed by atoms with van der Waals surface area (Å²) in [7, 11) is 0. The van der Waals surface area contributed by atoms with Gasteiger partial charge in [0.2, 0.25) is 0 Å². The second-order valence-corrected chi connectivity index (χ2v) is 4.52. The lowest BCUT2D eigenvalue weighted by atomic mass is 9.78. The van der Waals surface area contributed by atoms with Crippen LogP contribution in [-0.4, -0.2) is 23.9 Å². The number of pyridine rings is 1. The molecule has 1 aromatic rings. The van der Waals surface area contributed by atoms with Gasteiger partial charge >= 0.3 is 0 Å². The fourth-order valence-electron chi connectivity index (χ4n) is 2.35. The Balaban J connectivity index is 2.07. The first-order chi connectivity index (χ1) is 7.77. The summed E-state index contributed by atoms with van der Waals surface area (Å²) in [6.07, 6.45) is 5.94. The molecule has 1 aromatic heterocycles. The maximum Gasteiger partial charge on any atom is 0.144 e. The number of hydrogen-bond acceptors (Lipinski definition) is 3. The van der Waals surface area contributed by atoms with Crippen LogP contribution in [0.25, 0.3) is 0 Å². The SMILES string of the molecule is CCC1(C(=O)Cc2ccncc2)CCNC1. The van der Waals surface area contributed by atoms with Gasteiger partial charge in [0.25, 0.3) is 0 Å². The lowest BCUT2D eigenvalue weighted by Crippen LogP contribution is -2.34. The molecule has 0 bridgehead atoms. The van der Waals surface area contributed by atoms with Crippen molar-refractivity contribution in [2.75, 3.05) is 13.1 Å². The highest BCUT2D eigenvalue weighted by atomic mass is 16.1. The van der Waals surface area contributed by atoms with Crippen LogP contribution < -0.4 is 5.32 Å². The molecule has 2 rings (SSSR count). The second-order valence-electron chi connectivity index (χ2n) is 4.52. The lowest BCUT2D eigenvalue weighted by molar-refractivity contribution is -0.127. The fraction of sp³-hybridized carbons (Fsp3) is 0.538. The number of rotatable bonds is 4. The Labute approximate surface area is 96.3 Å². The predicted molar refractivity (Wildman–Crippen MR) is 63.2 cm³/mol. The Morgan fingerprint density at radius 3 is 2.81 bits per heavy atom. The van der Waals surface area contributed by atoms with E-state index in [-0.39, 0.29) is 5.41 Å². The molecule has 0 saturated carbocycles. The smallest absolute Gasteiger partial charge is 0.144 e. The summed E-state index contributed by atoms with van der Waals surface area (Å²) in [4.78, 5) is 16.3. The Morgan fingerprint density at radius 2 is 2.25 bits per heavy atom. The molecule has 16 heavy (non-hydrogen) atoms. The molecule has 1 N–H and O–H groups in total. The van der Waals surface area contributed by atoms with Gasteiger partial charge in [0, 0.05) is 30.8 Å². The van der Waals surface area contributed by atoms with Crippen LogP contribution in [0.3, 0.4) is 0 Å². The molecular formula is C13H18N2O. The molecule has 1 aliphatic rings. The summed E-state index contributed by atoms with van der Waals surface area (Å²) in [6.45, 7) is 3.92. The Bertz CT molecular complexity index is 355.